The largest absolute Gasteiger partial charge is 0.480 e. The summed E-state index contributed by atoms with van der Waals surface area (Å²) in [6.45, 7) is 3.38. The van der Waals surface area contributed by atoms with Gasteiger partial charge in [0.05, 0.1) is 5.69 Å². The molecule has 0 aliphatic carbocycles. The highest BCUT2D eigenvalue weighted by Gasteiger charge is 2.25. The Hall–Kier alpha value is -3.86. The van der Waals surface area contributed by atoms with E-state index in [1.54, 1.807) is 38.1 Å². The van der Waals surface area contributed by atoms with Crippen molar-refractivity contribution in [1.29, 1.82) is 0 Å². The number of amides is 3. The molecule has 0 saturated heterocycles. The van der Waals surface area contributed by atoms with Gasteiger partial charge in [0.15, 0.2) is 0 Å². The van der Waals surface area contributed by atoms with Crippen molar-refractivity contribution >= 4 is 40.6 Å². The molecule has 172 valence electrons. The number of carboxylic acids is 1. The SMILES string of the molecule is CC(C)C(NC(=O)c1csc(-c2ccc(NC(=O)Nc3ccc(F)cc3F)cc2)n1)C(=O)O. The molecule has 0 bridgehead atoms. The highest BCUT2D eigenvalue weighted by molar-refractivity contribution is 7.13. The average molecular weight is 474 g/mol. The molecule has 3 aromatic rings. The van der Waals surface area contributed by atoms with Gasteiger partial charge < -0.3 is 21.1 Å². The van der Waals surface area contributed by atoms with Crippen molar-refractivity contribution in [3.63, 3.8) is 0 Å². The van der Waals surface area contributed by atoms with Gasteiger partial charge in [0.2, 0.25) is 0 Å². The van der Waals surface area contributed by atoms with Crippen LogP contribution in [0.25, 0.3) is 10.6 Å². The molecule has 8 nitrogen and oxygen atoms in total. The summed E-state index contributed by atoms with van der Waals surface area (Å²) in [4.78, 5) is 39.9. The fraction of sp³-hybridized carbons (Fsp3) is 0.182. The van der Waals surface area contributed by atoms with E-state index in [9.17, 15) is 28.3 Å². The lowest BCUT2D eigenvalue weighted by atomic mass is 10.0. The first-order valence-corrected chi connectivity index (χ1v) is 10.6. The van der Waals surface area contributed by atoms with Gasteiger partial charge in [-0.05, 0) is 42.3 Å². The number of rotatable bonds is 7. The van der Waals surface area contributed by atoms with Gasteiger partial charge in [-0.2, -0.15) is 0 Å². The summed E-state index contributed by atoms with van der Waals surface area (Å²) in [5.74, 6) is -3.64. The van der Waals surface area contributed by atoms with Gasteiger partial charge >= 0.3 is 12.0 Å². The van der Waals surface area contributed by atoms with E-state index in [1.807, 2.05) is 0 Å². The topological polar surface area (TPSA) is 120 Å². The van der Waals surface area contributed by atoms with Gasteiger partial charge in [-0.3, -0.25) is 4.79 Å². The third kappa shape index (κ3) is 6.10. The van der Waals surface area contributed by atoms with E-state index in [-0.39, 0.29) is 17.3 Å². The molecule has 0 saturated carbocycles. The molecule has 2 aromatic carbocycles. The number of benzene rings is 2. The Kier molecular flexibility index (Phi) is 7.34. The van der Waals surface area contributed by atoms with Gasteiger partial charge in [-0.25, -0.2) is 23.4 Å². The zero-order valence-corrected chi connectivity index (χ0v) is 18.4. The molecular formula is C22H20F2N4O4S. The molecule has 1 aromatic heterocycles. The van der Waals surface area contributed by atoms with E-state index in [2.05, 4.69) is 20.9 Å². The fourth-order valence-electron chi connectivity index (χ4n) is 2.81. The van der Waals surface area contributed by atoms with E-state index in [0.717, 1.165) is 12.1 Å². The van der Waals surface area contributed by atoms with E-state index in [1.165, 1.54) is 16.7 Å². The number of urea groups is 1. The number of halogens is 2. The molecule has 0 radical (unpaired) electrons. The van der Waals surface area contributed by atoms with Gasteiger partial charge in [-0.15, -0.1) is 11.3 Å². The molecule has 3 amide bonds. The molecule has 11 heteroatoms. The van der Waals surface area contributed by atoms with Crippen LogP contribution in [0.1, 0.15) is 24.3 Å². The molecule has 33 heavy (non-hydrogen) atoms. The van der Waals surface area contributed by atoms with Crippen LogP contribution in [0.15, 0.2) is 47.8 Å². The summed E-state index contributed by atoms with van der Waals surface area (Å²) in [6.07, 6.45) is 0. The van der Waals surface area contributed by atoms with E-state index < -0.39 is 35.6 Å². The van der Waals surface area contributed by atoms with Gasteiger partial charge in [0.25, 0.3) is 5.91 Å². The maximum Gasteiger partial charge on any atom is 0.326 e. The summed E-state index contributed by atoms with van der Waals surface area (Å²) in [7, 11) is 0. The lowest BCUT2D eigenvalue weighted by molar-refractivity contribution is -0.140. The first-order chi connectivity index (χ1) is 15.6. The Bertz CT molecular complexity index is 1180. The predicted octanol–water partition coefficient (Wildman–Crippen LogP) is 4.57. The zero-order chi connectivity index (χ0) is 24.1. The number of thiazole rings is 1. The summed E-state index contributed by atoms with van der Waals surface area (Å²) in [6, 6.07) is 7.60. The summed E-state index contributed by atoms with van der Waals surface area (Å²) >= 11 is 1.21. The maximum atomic E-state index is 13.7. The van der Waals surface area contributed by atoms with Crippen molar-refractivity contribution in [1.82, 2.24) is 10.3 Å². The quantitative estimate of drug-likeness (QED) is 0.400. The van der Waals surface area contributed by atoms with Crippen LogP contribution in [0, 0.1) is 17.6 Å². The number of carbonyl (C=O) groups excluding carboxylic acids is 2. The first-order valence-electron chi connectivity index (χ1n) is 9.76. The second-order valence-electron chi connectivity index (χ2n) is 7.35. The van der Waals surface area contributed by atoms with Crippen LogP contribution in [0.4, 0.5) is 25.0 Å². The molecule has 1 unspecified atom stereocenters. The predicted molar refractivity (Wildman–Crippen MR) is 120 cm³/mol. The molecule has 1 heterocycles. The Morgan fingerprint density at radius 1 is 1.03 bits per heavy atom. The van der Waals surface area contributed by atoms with Gasteiger partial charge in [0.1, 0.15) is 28.4 Å². The Labute approximate surface area is 191 Å². The van der Waals surface area contributed by atoms with Crippen LogP contribution >= 0.6 is 11.3 Å². The number of carboxylic acid groups (broad SMARTS) is 1. The monoisotopic (exact) mass is 474 g/mol. The second kappa shape index (κ2) is 10.2. The van der Waals surface area contributed by atoms with Crippen LogP contribution in [-0.4, -0.2) is 34.0 Å². The van der Waals surface area contributed by atoms with E-state index in [4.69, 9.17) is 0 Å². The van der Waals surface area contributed by atoms with Crippen molar-refractivity contribution in [2.24, 2.45) is 5.92 Å². The number of aliphatic carboxylic acids is 1. The molecule has 1 atom stereocenters. The number of nitrogens with zero attached hydrogens (tertiary/aromatic N) is 1. The number of carbonyl (C=O) groups is 3. The van der Waals surface area contributed by atoms with Gasteiger partial charge in [0, 0.05) is 22.7 Å². The highest BCUT2D eigenvalue weighted by Crippen LogP contribution is 2.25. The number of nitrogens with one attached hydrogen (secondary N) is 3. The third-order valence-electron chi connectivity index (χ3n) is 4.53. The van der Waals surface area contributed by atoms with Crippen LogP contribution in [0.5, 0.6) is 0 Å². The lowest BCUT2D eigenvalue weighted by Gasteiger charge is -2.16. The van der Waals surface area contributed by atoms with Crippen molar-refractivity contribution in [3.8, 4) is 10.6 Å². The zero-order valence-electron chi connectivity index (χ0n) is 17.6. The second-order valence-corrected chi connectivity index (χ2v) is 8.21. The van der Waals surface area contributed by atoms with Crippen molar-refractivity contribution in [2.75, 3.05) is 10.6 Å². The summed E-state index contributed by atoms with van der Waals surface area (Å²) < 4.78 is 26.6. The molecule has 0 spiro atoms. The Morgan fingerprint density at radius 2 is 1.73 bits per heavy atom. The summed E-state index contributed by atoms with van der Waals surface area (Å²) in [5, 5.41) is 18.6. The third-order valence-corrected chi connectivity index (χ3v) is 5.42. The standard InChI is InChI=1S/C22H20F2N4O4S/c1-11(2)18(21(30)31)28-19(29)17-10-33-20(26-17)12-3-6-14(7-4-12)25-22(32)27-16-8-5-13(23)9-15(16)24/h3-11,18H,1-2H3,(H,28,29)(H,30,31)(H2,25,27,32). The average Bonchev–Trinajstić information content (AvgIpc) is 3.24. The van der Waals surface area contributed by atoms with Crippen molar-refractivity contribution in [2.45, 2.75) is 19.9 Å². The maximum absolute atomic E-state index is 13.7. The molecule has 4 N–H and O–H groups in total. The summed E-state index contributed by atoms with van der Waals surface area (Å²) in [5.41, 5.74) is 1.02. The van der Waals surface area contributed by atoms with Crippen LogP contribution in [0.3, 0.4) is 0 Å². The molecular weight excluding hydrogens is 454 g/mol. The van der Waals surface area contributed by atoms with Crippen LogP contribution in [-0.2, 0) is 4.79 Å². The Balaban J connectivity index is 1.63. The number of hydrogen-bond donors (Lipinski definition) is 4. The number of anilines is 2. The minimum absolute atomic E-state index is 0.102. The lowest BCUT2D eigenvalue weighted by Crippen LogP contribution is -2.44. The van der Waals surface area contributed by atoms with Crippen molar-refractivity contribution < 1.29 is 28.3 Å². The van der Waals surface area contributed by atoms with Crippen LogP contribution < -0.4 is 16.0 Å². The minimum atomic E-state index is -1.12. The minimum Gasteiger partial charge on any atom is -0.480 e. The molecule has 0 aliphatic rings. The van der Waals surface area contributed by atoms with Crippen molar-refractivity contribution in [3.05, 3.63) is 65.2 Å². The molecule has 0 fully saturated rings. The van der Waals surface area contributed by atoms with Gasteiger partial charge in [-0.1, -0.05) is 13.8 Å². The normalized spacial score (nSPS) is 11.7. The highest BCUT2D eigenvalue weighted by atomic mass is 32.1. The number of aromatic nitrogens is 1. The van der Waals surface area contributed by atoms with E-state index in [0.29, 0.717) is 22.3 Å². The smallest absolute Gasteiger partial charge is 0.326 e. The fourth-order valence-corrected chi connectivity index (χ4v) is 3.62. The molecule has 0 aliphatic heterocycles. The van der Waals surface area contributed by atoms with Crippen LogP contribution in [0.2, 0.25) is 0 Å². The number of hydrogen-bond acceptors (Lipinski definition) is 5. The Morgan fingerprint density at radius 3 is 2.33 bits per heavy atom. The first kappa shape index (κ1) is 23.8. The van der Waals surface area contributed by atoms with E-state index >= 15 is 0 Å². The molecule has 3 rings (SSSR count).